The van der Waals surface area contributed by atoms with Gasteiger partial charge in [0.25, 0.3) is 0 Å². The van der Waals surface area contributed by atoms with Crippen LogP contribution in [0, 0.1) is 13.8 Å². The van der Waals surface area contributed by atoms with Gasteiger partial charge in [0.1, 0.15) is 11.8 Å². The van der Waals surface area contributed by atoms with Gasteiger partial charge in [-0.25, -0.2) is 4.79 Å². The maximum atomic E-state index is 12.7. The molecule has 0 bridgehead atoms. The van der Waals surface area contributed by atoms with E-state index in [0.717, 1.165) is 11.1 Å². The first-order valence-corrected chi connectivity index (χ1v) is 8.53. The zero-order valence-corrected chi connectivity index (χ0v) is 14.8. The Hall–Kier alpha value is -2.86. The molecule has 26 heavy (non-hydrogen) atoms. The summed E-state index contributed by atoms with van der Waals surface area (Å²) < 4.78 is 5.31. The molecular weight excluding hydrogens is 332 g/mol. The van der Waals surface area contributed by atoms with E-state index in [1.807, 2.05) is 38.1 Å². The van der Waals surface area contributed by atoms with E-state index in [0.29, 0.717) is 11.4 Å². The maximum Gasteiger partial charge on any atom is 0.416 e. The Balaban J connectivity index is 1.72. The lowest BCUT2D eigenvalue weighted by Gasteiger charge is -2.23. The van der Waals surface area contributed by atoms with Gasteiger partial charge in [0, 0.05) is 12.1 Å². The molecule has 1 fully saturated rings. The van der Waals surface area contributed by atoms with Gasteiger partial charge in [0.15, 0.2) is 0 Å². The molecule has 2 atom stereocenters. The lowest BCUT2D eigenvalue weighted by atomic mass is 10.1. The number of aliphatic hydroxyl groups excluding tert-OH is 1. The second-order valence-corrected chi connectivity index (χ2v) is 6.60. The van der Waals surface area contributed by atoms with Crippen molar-refractivity contribution >= 4 is 17.7 Å². The first kappa shape index (κ1) is 17.9. The first-order valence-electron chi connectivity index (χ1n) is 8.53. The van der Waals surface area contributed by atoms with Crippen LogP contribution in [-0.2, 0) is 4.79 Å². The van der Waals surface area contributed by atoms with Crippen LogP contribution in [-0.4, -0.2) is 40.7 Å². The Labute approximate surface area is 152 Å². The van der Waals surface area contributed by atoms with Crippen molar-refractivity contribution in [1.82, 2.24) is 4.90 Å². The number of amides is 2. The van der Waals surface area contributed by atoms with Crippen molar-refractivity contribution in [3.05, 3.63) is 59.7 Å². The van der Waals surface area contributed by atoms with Crippen molar-refractivity contribution in [3.8, 4) is 5.75 Å². The number of β-amino-alcohol motifs (C(OH)–C–C–N with tert-alkyl or cyclic N) is 1. The summed E-state index contributed by atoms with van der Waals surface area (Å²) in [5.41, 5.74) is 2.74. The number of hydrogen-bond acceptors (Lipinski definition) is 4. The number of aryl methyl sites for hydroxylation is 2. The highest BCUT2D eigenvalue weighted by atomic mass is 16.6. The number of nitrogens with zero attached hydrogens (tertiary/aromatic N) is 1. The topological polar surface area (TPSA) is 78.9 Å². The van der Waals surface area contributed by atoms with Crippen LogP contribution in [0.15, 0.2) is 48.5 Å². The van der Waals surface area contributed by atoms with Crippen LogP contribution >= 0.6 is 0 Å². The summed E-state index contributed by atoms with van der Waals surface area (Å²) in [6.07, 6.45) is -1.22. The molecule has 6 nitrogen and oxygen atoms in total. The number of carbonyl (C=O) groups is 2. The number of hydrogen-bond donors (Lipinski definition) is 2. The molecular formula is C20H22N2O4. The van der Waals surface area contributed by atoms with Gasteiger partial charge in [-0.1, -0.05) is 24.3 Å². The molecule has 1 heterocycles. The zero-order valence-electron chi connectivity index (χ0n) is 14.8. The third kappa shape index (κ3) is 4.21. The fourth-order valence-electron chi connectivity index (χ4n) is 3.18. The van der Waals surface area contributed by atoms with Crippen molar-refractivity contribution in [2.45, 2.75) is 32.4 Å². The quantitative estimate of drug-likeness (QED) is 0.888. The molecule has 1 aliphatic rings. The number of benzene rings is 2. The number of nitrogens with one attached hydrogen (secondary N) is 1. The van der Waals surface area contributed by atoms with E-state index in [-0.39, 0.29) is 18.9 Å². The molecule has 0 unspecified atom stereocenters. The van der Waals surface area contributed by atoms with Gasteiger partial charge in [0.2, 0.25) is 5.91 Å². The smallest absolute Gasteiger partial charge is 0.410 e. The summed E-state index contributed by atoms with van der Waals surface area (Å²) in [6, 6.07) is 13.6. The standard InChI is InChI=1S/C20H22N2O4/c1-13-8-14(2)10-15(9-13)21-19(24)18-11-16(23)12-22(18)20(25)26-17-6-4-3-5-7-17/h3-10,16,18,23H,11-12H2,1-2H3,(H,21,24)/t16-,18+/m0/s1. The van der Waals surface area contributed by atoms with E-state index in [1.165, 1.54) is 4.90 Å². The van der Waals surface area contributed by atoms with Crippen molar-refractivity contribution in [2.24, 2.45) is 0 Å². The second kappa shape index (κ2) is 7.58. The highest BCUT2D eigenvalue weighted by Gasteiger charge is 2.40. The first-order chi connectivity index (χ1) is 12.4. The van der Waals surface area contributed by atoms with Gasteiger partial charge < -0.3 is 15.2 Å². The Bertz CT molecular complexity index is 786. The monoisotopic (exact) mass is 354 g/mol. The number of ether oxygens (including phenoxy) is 1. The van der Waals surface area contributed by atoms with Crippen molar-refractivity contribution in [1.29, 1.82) is 0 Å². The van der Waals surface area contributed by atoms with Gasteiger partial charge in [-0.3, -0.25) is 9.69 Å². The molecule has 1 saturated heterocycles. The summed E-state index contributed by atoms with van der Waals surface area (Å²) >= 11 is 0. The van der Waals surface area contributed by atoms with Gasteiger partial charge in [0.05, 0.1) is 12.6 Å². The predicted molar refractivity (Wildman–Crippen MR) is 98.1 cm³/mol. The summed E-state index contributed by atoms with van der Waals surface area (Å²) in [6.45, 7) is 3.97. The minimum Gasteiger partial charge on any atom is -0.410 e. The van der Waals surface area contributed by atoms with Gasteiger partial charge in [-0.2, -0.15) is 0 Å². The summed E-state index contributed by atoms with van der Waals surface area (Å²) in [5, 5.41) is 12.8. The van der Waals surface area contributed by atoms with E-state index in [9.17, 15) is 14.7 Å². The van der Waals surface area contributed by atoms with E-state index >= 15 is 0 Å². The fourth-order valence-corrected chi connectivity index (χ4v) is 3.18. The number of para-hydroxylation sites is 1. The Morgan fingerprint density at radius 1 is 1.12 bits per heavy atom. The SMILES string of the molecule is Cc1cc(C)cc(NC(=O)[C@H]2C[C@H](O)CN2C(=O)Oc2ccccc2)c1. The minimum atomic E-state index is -0.776. The predicted octanol–water partition coefficient (Wildman–Crippen LogP) is 2.88. The van der Waals surface area contributed by atoms with Gasteiger partial charge in [-0.05, 0) is 49.2 Å². The zero-order chi connectivity index (χ0) is 18.7. The Kier molecular flexibility index (Phi) is 5.23. The molecule has 2 aromatic carbocycles. The lowest BCUT2D eigenvalue weighted by molar-refractivity contribution is -0.119. The van der Waals surface area contributed by atoms with Gasteiger partial charge in [-0.15, -0.1) is 0 Å². The third-order valence-electron chi connectivity index (χ3n) is 4.25. The molecule has 0 aliphatic carbocycles. The molecule has 2 amide bonds. The van der Waals surface area contributed by atoms with Crippen molar-refractivity contribution in [3.63, 3.8) is 0 Å². The lowest BCUT2D eigenvalue weighted by Crippen LogP contribution is -2.44. The third-order valence-corrected chi connectivity index (χ3v) is 4.25. The summed E-state index contributed by atoms with van der Waals surface area (Å²) in [4.78, 5) is 26.4. The molecule has 0 aromatic heterocycles. The van der Waals surface area contributed by atoms with E-state index in [2.05, 4.69) is 5.32 Å². The Morgan fingerprint density at radius 3 is 2.42 bits per heavy atom. The largest absolute Gasteiger partial charge is 0.416 e. The molecule has 6 heteroatoms. The molecule has 3 rings (SSSR count). The van der Waals surface area contributed by atoms with Crippen LogP contribution in [0.3, 0.4) is 0 Å². The maximum absolute atomic E-state index is 12.7. The molecule has 0 spiro atoms. The van der Waals surface area contributed by atoms with E-state index in [4.69, 9.17) is 4.74 Å². The number of likely N-dealkylation sites (tertiary alicyclic amines) is 1. The minimum absolute atomic E-state index is 0.0661. The van der Waals surface area contributed by atoms with Crippen LogP contribution < -0.4 is 10.1 Å². The molecule has 2 aromatic rings. The molecule has 1 aliphatic heterocycles. The highest BCUT2D eigenvalue weighted by molar-refractivity contribution is 5.97. The van der Waals surface area contributed by atoms with Crippen LogP contribution in [0.1, 0.15) is 17.5 Å². The van der Waals surface area contributed by atoms with Crippen molar-refractivity contribution < 1.29 is 19.4 Å². The molecule has 0 saturated carbocycles. The number of carbonyl (C=O) groups excluding carboxylic acids is 2. The van der Waals surface area contributed by atoms with E-state index < -0.39 is 18.2 Å². The summed E-state index contributed by atoms with van der Waals surface area (Å²) in [5.74, 6) is 0.0592. The highest BCUT2D eigenvalue weighted by Crippen LogP contribution is 2.23. The van der Waals surface area contributed by atoms with Crippen LogP contribution in [0.2, 0.25) is 0 Å². The van der Waals surface area contributed by atoms with Crippen LogP contribution in [0.25, 0.3) is 0 Å². The molecule has 2 N–H and O–H groups in total. The van der Waals surface area contributed by atoms with Crippen LogP contribution in [0.4, 0.5) is 10.5 Å². The average molecular weight is 354 g/mol. The average Bonchev–Trinajstić information content (AvgIpc) is 2.97. The van der Waals surface area contributed by atoms with E-state index in [1.54, 1.807) is 24.3 Å². The van der Waals surface area contributed by atoms with Crippen LogP contribution in [0.5, 0.6) is 5.75 Å². The number of aliphatic hydroxyl groups is 1. The summed E-state index contributed by atoms with van der Waals surface area (Å²) in [7, 11) is 0. The molecule has 136 valence electrons. The number of rotatable bonds is 3. The van der Waals surface area contributed by atoms with Gasteiger partial charge >= 0.3 is 6.09 Å². The number of anilines is 1. The van der Waals surface area contributed by atoms with Crippen molar-refractivity contribution in [2.75, 3.05) is 11.9 Å². The molecule has 0 radical (unpaired) electrons. The second-order valence-electron chi connectivity index (χ2n) is 6.60. The Morgan fingerprint density at radius 2 is 1.77 bits per heavy atom. The fraction of sp³-hybridized carbons (Fsp3) is 0.300. The normalized spacial score (nSPS) is 19.3.